The normalized spacial score (nSPS) is 18.2. The molecule has 3 aliphatic rings. The molecule has 41 heavy (non-hydrogen) atoms. The molecule has 0 atom stereocenters. The number of ether oxygens (including phenoxy) is 1. The minimum Gasteiger partial charge on any atom is -0.378 e. The minimum atomic E-state index is 0.110. The summed E-state index contributed by atoms with van der Waals surface area (Å²) in [6, 6.07) is 17.1. The Labute approximate surface area is 238 Å². The molecule has 7 rings (SSSR count). The summed E-state index contributed by atoms with van der Waals surface area (Å²) in [5.41, 5.74) is 8.29. The molecule has 1 amide bonds. The third-order valence-corrected chi connectivity index (χ3v) is 8.21. The maximum Gasteiger partial charge on any atom is 0.249 e. The second-order valence-corrected chi connectivity index (χ2v) is 10.8. The van der Waals surface area contributed by atoms with Crippen LogP contribution < -0.4 is 0 Å². The summed E-state index contributed by atoms with van der Waals surface area (Å²) in [4.78, 5) is 17.2. The Morgan fingerprint density at radius 3 is 2.63 bits per heavy atom. The van der Waals surface area contributed by atoms with E-state index < -0.39 is 0 Å². The number of morpholine rings is 1. The third-order valence-electron chi connectivity index (χ3n) is 8.21. The van der Waals surface area contributed by atoms with Crippen LogP contribution in [0.5, 0.6) is 0 Å². The Balaban J connectivity index is 1.07. The van der Waals surface area contributed by atoms with Crippen molar-refractivity contribution in [1.82, 2.24) is 35.0 Å². The molecule has 0 spiro atoms. The number of carbonyl (C=O) groups excluding carboxylic acids is 1. The van der Waals surface area contributed by atoms with Crippen molar-refractivity contribution in [3.63, 3.8) is 0 Å². The maximum atomic E-state index is 12.8. The Morgan fingerprint density at radius 1 is 0.976 bits per heavy atom. The third kappa shape index (κ3) is 5.38. The number of aromatic nitrogens is 5. The smallest absolute Gasteiger partial charge is 0.249 e. The number of nitrogens with zero attached hydrogens (tertiary/aromatic N) is 6. The van der Waals surface area contributed by atoms with Crippen LogP contribution in [-0.4, -0.2) is 80.3 Å². The quantitative estimate of drug-likeness (QED) is 0.381. The highest BCUT2D eigenvalue weighted by Gasteiger charge is 2.23. The zero-order valence-corrected chi connectivity index (χ0v) is 23.0. The summed E-state index contributed by atoms with van der Waals surface area (Å²) >= 11 is 0. The number of hydrogen-bond acceptors (Lipinski definition) is 6. The molecule has 4 heterocycles. The van der Waals surface area contributed by atoms with Crippen LogP contribution in [0.1, 0.15) is 30.4 Å². The average Bonchev–Trinajstić information content (AvgIpc) is 3.69. The Kier molecular flexibility index (Phi) is 7.04. The lowest BCUT2D eigenvalue weighted by Crippen LogP contribution is -2.41. The van der Waals surface area contributed by atoms with E-state index in [0.29, 0.717) is 32.7 Å². The fraction of sp³-hybridized carbons (Fsp3) is 0.312. The van der Waals surface area contributed by atoms with Gasteiger partial charge in [0.05, 0.1) is 24.9 Å². The molecule has 9 nitrogen and oxygen atoms in total. The monoisotopic (exact) mass is 547 g/mol. The van der Waals surface area contributed by atoms with Gasteiger partial charge in [-0.1, -0.05) is 53.8 Å². The Morgan fingerprint density at radius 2 is 1.85 bits per heavy atom. The number of nitrogens with one attached hydrogen (secondary N) is 1. The van der Waals surface area contributed by atoms with Gasteiger partial charge in [-0.2, -0.15) is 5.10 Å². The number of hydrogen-bond donors (Lipinski definition) is 1. The fourth-order valence-electron chi connectivity index (χ4n) is 5.85. The summed E-state index contributed by atoms with van der Waals surface area (Å²) in [6.45, 7) is 5.48. The first-order chi connectivity index (χ1) is 20.2. The SMILES string of the molecule is O=C(C1=CC=C(n2cc(-c3n[nH]c4ccc(C5=CCN(Cc6ccccc6)CC5)cc34)nn2)CC1)N1CCOCC1. The molecular weight excluding hydrogens is 514 g/mol. The lowest BCUT2D eigenvalue weighted by molar-refractivity contribution is -0.131. The topological polar surface area (TPSA) is 92.2 Å². The molecule has 1 saturated heterocycles. The molecule has 2 aromatic heterocycles. The van der Waals surface area contributed by atoms with E-state index in [9.17, 15) is 4.79 Å². The predicted molar refractivity (Wildman–Crippen MR) is 158 cm³/mol. The lowest BCUT2D eigenvalue weighted by Gasteiger charge is -2.28. The van der Waals surface area contributed by atoms with E-state index in [-0.39, 0.29) is 5.91 Å². The van der Waals surface area contributed by atoms with Crippen molar-refractivity contribution in [2.75, 3.05) is 39.4 Å². The maximum absolute atomic E-state index is 12.8. The molecule has 1 N–H and O–H groups in total. The second-order valence-electron chi connectivity index (χ2n) is 10.8. The summed E-state index contributed by atoms with van der Waals surface area (Å²) < 4.78 is 7.18. The van der Waals surface area contributed by atoms with Gasteiger partial charge in [0, 0.05) is 49.4 Å². The van der Waals surface area contributed by atoms with E-state index in [1.54, 1.807) is 4.68 Å². The number of allylic oxidation sites excluding steroid dienone is 3. The molecule has 0 saturated carbocycles. The molecule has 4 aromatic rings. The first-order valence-corrected chi connectivity index (χ1v) is 14.3. The Hall–Kier alpha value is -4.34. The zero-order chi connectivity index (χ0) is 27.6. The number of fused-ring (bicyclic) bond motifs is 1. The molecule has 208 valence electrons. The van der Waals surface area contributed by atoms with Gasteiger partial charge in [-0.3, -0.25) is 14.8 Å². The number of benzene rings is 2. The number of H-pyrrole nitrogens is 1. The molecular formula is C32H33N7O2. The van der Waals surface area contributed by atoms with E-state index in [0.717, 1.165) is 66.0 Å². The number of carbonyl (C=O) groups is 1. The molecule has 0 bridgehead atoms. The zero-order valence-electron chi connectivity index (χ0n) is 23.0. The molecule has 0 radical (unpaired) electrons. The van der Waals surface area contributed by atoms with Crippen LogP contribution in [0.15, 0.2) is 78.5 Å². The van der Waals surface area contributed by atoms with E-state index in [1.807, 2.05) is 23.2 Å². The van der Waals surface area contributed by atoms with E-state index >= 15 is 0 Å². The van der Waals surface area contributed by atoms with Crippen LogP contribution in [0.2, 0.25) is 0 Å². The van der Waals surface area contributed by atoms with E-state index in [4.69, 9.17) is 4.74 Å². The van der Waals surface area contributed by atoms with Gasteiger partial charge in [0.15, 0.2) is 0 Å². The van der Waals surface area contributed by atoms with Gasteiger partial charge in [0.2, 0.25) is 5.91 Å². The van der Waals surface area contributed by atoms with Crippen molar-refractivity contribution in [3.05, 3.63) is 89.7 Å². The number of rotatable bonds is 6. The number of amides is 1. The van der Waals surface area contributed by atoms with Gasteiger partial charge in [-0.05, 0) is 54.2 Å². The van der Waals surface area contributed by atoms with Gasteiger partial charge in [0.1, 0.15) is 11.4 Å². The second kappa shape index (κ2) is 11.3. The van der Waals surface area contributed by atoms with Crippen LogP contribution >= 0.6 is 0 Å². The van der Waals surface area contributed by atoms with Gasteiger partial charge >= 0.3 is 0 Å². The highest BCUT2D eigenvalue weighted by molar-refractivity contribution is 5.95. The van der Waals surface area contributed by atoms with E-state index in [1.165, 1.54) is 16.7 Å². The molecule has 1 aliphatic carbocycles. The minimum absolute atomic E-state index is 0.110. The van der Waals surface area contributed by atoms with Gasteiger partial charge in [-0.15, -0.1) is 5.10 Å². The first kappa shape index (κ1) is 25.6. The van der Waals surface area contributed by atoms with Crippen molar-refractivity contribution in [2.45, 2.75) is 25.8 Å². The van der Waals surface area contributed by atoms with Crippen LogP contribution in [-0.2, 0) is 16.1 Å². The van der Waals surface area contributed by atoms with Crippen LogP contribution in [0.3, 0.4) is 0 Å². The van der Waals surface area contributed by atoms with Crippen LogP contribution in [0.25, 0.3) is 33.6 Å². The van der Waals surface area contributed by atoms with Gasteiger partial charge in [-0.25, -0.2) is 4.68 Å². The summed E-state index contributed by atoms with van der Waals surface area (Å²) in [7, 11) is 0. The van der Waals surface area contributed by atoms with Crippen molar-refractivity contribution in [2.24, 2.45) is 0 Å². The fourth-order valence-corrected chi connectivity index (χ4v) is 5.85. The molecule has 0 unspecified atom stereocenters. The highest BCUT2D eigenvalue weighted by atomic mass is 16.5. The van der Waals surface area contributed by atoms with Crippen molar-refractivity contribution >= 4 is 28.1 Å². The van der Waals surface area contributed by atoms with Gasteiger partial charge < -0.3 is 9.64 Å². The largest absolute Gasteiger partial charge is 0.378 e. The van der Waals surface area contributed by atoms with Crippen LogP contribution in [0.4, 0.5) is 0 Å². The summed E-state index contributed by atoms with van der Waals surface area (Å²) in [6.07, 6.45) is 10.6. The highest BCUT2D eigenvalue weighted by Crippen LogP contribution is 2.31. The average molecular weight is 548 g/mol. The molecule has 2 aliphatic heterocycles. The van der Waals surface area contributed by atoms with E-state index in [2.05, 4.69) is 80.0 Å². The van der Waals surface area contributed by atoms with Crippen molar-refractivity contribution in [3.8, 4) is 11.4 Å². The summed E-state index contributed by atoms with van der Waals surface area (Å²) in [5.74, 6) is 0.110. The summed E-state index contributed by atoms with van der Waals surface area (Å²) in [5, 5.41) is 17.7. The van der Waals surface area contributed by atoms with Gasteiger partial charge in [0.25, 0.3) is 0 Å². The lowest BCUT2D eigenvalue weighted by atomic mass is 9.97. The van der Waals surface area contributed by atoms with Crippen LogP contribution in [0, 0.1) is 0 Å². The van der Waals surface area contributed by atoms with Crippen molar-refractivity contribution < 1.29 is 9.53 Å². The first-order valence-electron chi connectivity index (χ1n) is 14.3. The number of aromatic amines is 1. The standard InChI is InChI=1S/C32H33N7O2/c40-32(38-16-18-41-19-17-38)25-6-9-27(10-7-25)39-22-30(34-36-39)31-28-20-26(8-11-29(28)33-35-31)24-12-14-37(15-13-24)21-23-4-2-1-3-5-23/h1-6,8-9,11-12,20,22H,7,10,13-19,21H2,(H,33,35). The molecule has 2 aromatic carbocycles. The van der Waals surface area contributed by atoms with Crippen molar-refractivity contribution in [1.29, 1.82) is 0 Å². The Bertz CT molecular complexity index is 1660. The molecule has 9 heteroatoms. The molecule has 1 fully saturated rings. The predicted octanol–water partition coefficient (Wildman–Crippen LogP) is 4.53.